The van der Waals surface area contributed by atoms with Gasteiger partial charge in [-0.2, -0.15) is 5.26 Å². The summed E-state index contributed by atoms with van der Waals surface area (Å²) in [5, 5.41) is 8.83. The van der Waals surface area contributed by atoms with Gasteiger partial charge in [0.15, 0.2) is 0 Å². The molecule has 0 bridgehead atoms. The van der Waals surface area contributed by atoms with E-state index < -0.39 is 0 Å². The van der Waals surface area contributed by atoms with Gasteiger partial charge < -0.3 is 5.73 Å². The van der Waals surface area contributed by atoms with Crippen LogP contribution in [-0.4, -0.2) is 28.5 Å². The number of nitrogens with zero attached hydrogens (tertiary/aromatic N) is 3. The zero-order chi connectivity index (χ0) is 14.3. The van der Waals surface area contributed by atoms with Crippen LogP contribution in [0.4, 0.5) is 0 Å². The third kappa shape index (κ3) is 4.30. The van der Waals surface area contributed by atoms with E-state index in [2.05, 4.69) is 36.7 Å². The summed E-state index contributed by atoms with van der Waals surface area (Å²) in [7, 11) is 0. The normalized spacial score (nSPS) is 14.4. The average molecular weight is 260 g/mol. The van der Waals surface area contributed by atoms with Crippen molar-refractivity contribution in [1.29, 1.82) is 5.26 Å². The molecule has 0 aliphatic carbocycles. The molecule has 4 heteroatoms. The van der Waals surface area contributed by atoms with E-state index in [1.165, 1.54) is 5.56 Å². The molecule has 1 rings (SSSR count). The summed E-state index contributed by atoms with van der Waals surface area (Å²) in [5.41, 5.74) is 7.49. The van der Waals surface area contributed by atoms with Crippen molar-refractivity contribution in [3.05, 3.63) is 30.1 Å². The zero-order valence-electron chi connectivity index (χ0n) is 12.1. The minimum Gasteiger partial charge on any atom is -0.326 e. The molecular formula is C15H24N4. The standard InChI is InChI=1S/C15H24N4/c1-4-14(17)15(13-6-9-18-10-7-13)19(12(2)3)11-5-8-16/h6-7,9-10,12,14-15H,4-5,11,17H2,1-3H3. The minimum atomic E-state index is 0.0588. The summed E-state index contributed by atoms with van der Waals surface area (Å²) in [5.74, 6) is 0. The summed E-state index contributed by atoms with van der Waals surface area (Å²) >= 11 is 0. The first-order chi connectivity index (χ1) is 9.11. The predicted octanol–water partition coefficient (Wildman–Crippen LogP) is 2.48. The summed E-state index contributed by atoms with van der Waals surface area (Å²) in [6.45, 7) is 7.14. The highest BCUT2D eigenvalue weighted by molar-refractivity contribution is 5.17. The Kier molecular flexibility index (Phi) is 6.48. The van der Waals surface area contributed by atoms with Gasteiger partial charge in [-0.15, -0.1) is 0 Å². The van der Waals surface area contributed by atoms with Crippen molar-refractivity contribution in [3.8, 4) is 6.07 Å². The van der Waals surface area contributed by atoms with E-state index in [-0.39, 0.29) is 12.1 Å². The smallest absolute Gasteiger partial charge is 0.0635 e. The highest BCUT2D eigenvalue weighted by atomic mass is 15.2. The molecule has 0 spiro atoms. The second-order valence-corrected chi connectivity index (χ2v) is 5.04. The van der Waals surface area contributed by atoms with Gasteiger partial charge in [0.25, 0.3) is 0 Å². The molecule has 0 fully saturated rings. The van der Waals surface area contributed by atoms with E-state index in [0.29, 0.717) is 12.5 Å². The molecule has 0 radical (unpaired) electrons. The Labute approximate surface area is 116 Å². The van der Waals surface area contributed by atoms with E-state index in [0.717, 1.165) is 13.0 Å². The first-order valence-electron chi connectivity index (χ1n) is 6.90. The minimum absolute atomic E-state index is 0.0588. The summed E-state index contributed by atoms with van der Waals surface area (Å²) < 4.78 is 0. The first kappa shape index (κ1) is 15.6. The molecule has 1 aromatic rings. The van der Waals surface area contributed by atoms with E-state index >= 15 is 0 Å². The van der Waals surface area contributed by atoms with Crippen LogP contribution in [0.15, 0.2) is 24.5 Å². The molecule has 19 heavy (non-hydrogen) atoms. The quantitative estimate of drug-likeness (QED) is 0.818. The molecule has 104 valence electrons. The van der Waals surface area contributed by atoms with Gasteiger partial charge in [0.1, 0.15) is 0 Å². The molecule has 0 saturated carbocycles. The topological polar surface area (TPSA) is 65.9 Å². The maximum absolute atomic E-state index is 8.83. The molecule has 2 N–H and O–H groups in total. The molecule has 1 heterocycles. The molecule has 0 aliphatic rings. The number of nitrogens with two attached hydrogens (primary N) is 1. The SMILES string of the molecule is CCC(N)C(c1ccncc1)N(CCC#N)C(C)C. The fraction of sp³-hybridized carbons (Fsp3) is 0.600. The van der Waals surface area contributed by atoms with Crippen LogP contribution < -0.4 is 5.73 Å². The van der Waals surface area contributed by atoms with Gasteiger partial charge in [0, 0.05) is 37.4 Å². The second kappa shape index (κ2) is 7.88. The molecule has 2 atom stereocenters. The van der Waals surface area contributed by atoms with E-state index in [4.69, 9.17) is 11.0 Å². The zero-order valence-corrected chi connectivity index (χ0v) is 12.1. The van der Waals surface area contributed by atoms with Crippen LogP contribution in [0, 0.1) is 11.3 Å². The molecule has 0 aliphatic heterocycles. The predicted molar refractivity (Wildman–Crippen MR) is 77.3 cm³/mol. The van der Waals surface area contributed by atoms with Crippen molar-refractivity contribution in [3.63, 3.8) is 0 Å². The number of nitriles is 1. The second-order valence-electron chi connectivity index (χ2n) is 5.04. The Bertz CT molecular complexity index is 396. The molecule has 1 aromatic heterocycles. The van der Waals surface area contributed by atoms with Gasteiger partial charge in [-0.25, -0.2) is 0 Å². The fourth-order valence-corrected chi connectivity index (χ4v) is 2.37. The Hall–Kier alpha value is -1.44. The summed E-state index contributed by atoms with van der Waals surface area (Å²) in [6.07, 6.45) is 5.03. The molecule has 0 saturated heterocycles. The van der Waals surface area contributed by atoms with Crippen LogP contribution >= 0.6 is 0 Å². The van der Waals surface area contributed by atoms with Crippen molar-refractivity contribution in [1.82, 2.24) is 9.88 Å². The molecule has 0 amide bonds. The lowest BCUT2D eigenvalue weighted by Gasteiger charge is -2.38. The van der Waals surface area contributed by atoms with Crippen molar-refractivity contribution < 1.29 is 0 Å². The fourth-order valence-electron chi connectivity index (χ4n) is 2.37. The monoisotopic (exact) mass is 260 g/mol. The van der Waals surface area contributed by atoms with Gasteiger partial charge >= 0.3 is 0 Å². The van der Waals surface area contributed by atoms with Gasteiger partial charge in [-0.3, -0.25) is 9.88 Å². The van der Waals surface area contributed by atoms with Crippen LogP contribution in [0.2, 0.25) is 0 Å². The van der Waals surface area contributed by atoms with Crippen LogP contribution in [0.1, 0.15) is 45.2 Å². The van der Waals surface area contributed by atoms with Crippen LogP contribution in [-0.2, 0) is 0 Å². The Balaban J connectivity index is 3.04. The van der Waals surface area contributed by atoms with E-state index in [1.807, 2.05) is 12.1 Å². The van der Waals surface area contributed by atoms with Crippen LogP contribution in [0.3, 0.4) is 0 Å². The third-order valence-corrected chi connectivity index (χ3v) is 3.43. The number of hydrogen-bond acceptors (Lipinski definition) is 4. The maximum Gasteiger partial charge on any atom is 0.0635 e. The van der Waals surface area contributed by atoms with Crippen LogP contribution in [0.25, 0.3) is 0 Å². The first-order valence-corrected chi connectivity index (χ1v) is 6.90. The average Bonchev–Trinajstić information content (AvgIpc) is 2.43. The largest absolute Gasteiger partial charge is 0.326 e. The Morgan fingerprint density at radius 2 is 2.00 bits per heavy atom. The van der Waals surface area contributed by atoms with E-state index in [1.54, 1.807) is 12.4 Å². The number of rotatable bonds is 7. The lowest BCUT2D eigenvalue weighted by Crippen LogP contribution is -2.44. The molecule has 0 aromatic carbocycles. The lowest BCUT2D eigenvalue weighted by molar-refractivity contribution is 0.133. The van der Waals surface area contributed by atoms with Gasteiger partial charge in [0.2, 0.25) is 0 Å². The highest BCUT2D eigenvalue weighted by Crippen LogP contribution is 2.26. The lowest BCUT2D eigenvalue weighted by atomic mass is 9.95. The number of aromatic nitrogens is 1. The van der Waals surface area contributed by atoms with Crippen LogP contribution in [0.5, 0.6) is 0 Å². The Morgan fingerprint density at radius 3 is 2.47 bits per heavy atom. The molecule has 4 nitrogen and oxygen atoms in total. The van der Waals surface area contributed by atoms with Gasteiger partial charge in [-0.05, 0) is 38.0 Å². The Morgan fingerprint density at radius 1 is 1.37 bits per heavy atom. The number of pyridine rings is 1. The summed E-state index contributed by atoms with van der Waals surface area (Å²) in [4.78, 5) is 6.38. The molecular weight excluding hydrogens is 236 g/mol. The third-order valence-electron chi connectivity index (χ3n) is 3.43. The van der Waals surface area contributed by atoms with Crippen molar-refractivity contribution in [2.24, 2.45) is 5.73 Å². The van der Waals surface area contributed by atoms with Gasteiger partial charge in [-0.1, -0.05) is 6.92 Å². The van der Waals surface area contributed by atoms with Gasteiger partial charge in [0.05, 0.1) is 12.1 Å². The van der Waals surface area contributed by atoms with Crippen molar-refractivity contribution in [2.45, 2.75) is 51.7 Å². The van der Waals surface area contributed by atoms with Crippen molar-refractivity contribution >= 4 is 0 Å². The van der Waals surface area contributed by atoms with Crippen molar-refractivity contribution in [2.75, 3.05) is 6.54 Å². The number of hydrogen-bond donors (Lipinski definition) is 1. The maximum atomic E-state index is 8.83. The van der Waals surface area contributed by atoms with E-state index in [9.17, 15) is 0 Å². The molecule has 2 unspecified atom stereocenters. The highest BCUT2D eigenvalue weighted by Gasteiger charge is 2.27. The summed E-state index contributed by atoms with van der Waals surface area (Å²) in [6, 6.07) is 6.80.